The number of fused-ring (bicyclic) bond motifs is 1. The number of nitrogens with one attached hydrogen (secondary N) is 1. The first-order valence-corrected chi connectivity index (χ1v) is 7.29. The van der Waals surface area contributed by atoms with Crippen molar-refractivity contribution in [1.82, 2.24) is 5.32 Å². The molecule has 1 aliphatic rings. The molecule has 1 aromatic heterocycles. The van der Waals surface area contributed by atoms with Crippen LogP contribution in [-0.2, 0) is 12.8 Å². The molecular formula is C15H15Cl2NO2. The SMILES string of the molecule is CNC(Cc1cc(Cl)cc2c1OCC2)c1ccc(Cl)o1. The highest BCUT2D eigenvalue weighted by molar-refractivity contribution is 6.30. The molecule has 0 saturated carbocycles. The summed E-state index contributed by atoms with van der Waals surface area (Å²) in [6.07, 6.45) is 1.66. The quantitative estimate of drug-likeness (QED) is 0.926. The molecule has 20 heavy (non-hydrogen) atoms. The first-order chi connectivity index (χ1) is 9.67. The largest absolute Gasteiger partial charge is 0.493 e. The van der Waals surface area contributed by atoms with Gasteiger partial charge in [-0.2, -0.15) is 0 Å². The lowest BCUT2D eigenvalue weighted by Crippen LogP contribution is -2.18. The van der Waals surface area contributed by atoms with Crippen molar-refractivity contribution in [3.05, 3.63) is 51.4 Å². The third-order valence-electron chi connectivity index (χ3n) is 3.54. The van der Waals surface area contributed by atoms with Crippen LogP contribution in [0, 0.1) is 0 Å². The number of rotatable bonds is 4. The first-order valence-electron chi connectivity index (χ1n) is 6.54. The normalized spacial score (nSPS) is 14.9. The predicted molar refractivity (Wildman–Crippen MR) is 79.9 cm³/mol. The maximum absolute atomic E-state index is 6.18. The molecule has 1 N–H and O–H groups in total. The number of halogens is 2. The third kappa shape index (κ3) is 2.66. The van der Waals surface area contributed by atoms with Crippen molar-refractivity contribution in [2.24, 2.45) is 0 Å². The van der Waals surface area contributed by atoms with Gasteiger partial charge in [-0.05, 0) is 60.5 Å². The minimum absolute atomic E-state index is 0.0364. The Morgan fingerprint density at radius 2 is 2.15 bits per heavy atom. The van der Waals surface area contributed by atoms with Gasteiger partial charge in [0.05, 0.1) is 12.6 Å². The van der Waals surface area contributed by atoms with Gasteiger partial charge in [-0.3, -0.25) is 0 Å². The van der Waals surface area contributed by atoms with E-state index in [1.54, 1.807) is 6.07 Å². The number of likely N-dealkylation sites (N-methyl/N-ethyl adjacent to an activating group) is 1. The fraction of sp³-hybridized carbons (Fsp3) is 0.333. The molecule has 1 aliphatic heterocycles. The van der Waals surface area contributed by atoms with Crippen LogP contribution in [0.2, 0.25) is 10.2 Å². The molecular weight excluding hydrogens is 297 g/mol. The van der Waals surface area contributed by atoms with Crippen LogP contribution in [0.3, 0.4) is 0 Å². The summed E-state index contributed by atoms with van der Waals surface area (Å²) >= 11 is 12.0. The molecule has 2 aromatic rings. The molecule has 1 atom stereocenters. The molecule has 0 amide bonds. The van der Waals surface area contributed by atoms with Gasteiger partial charge in [0, 0.05) is 11.4 Å². The maximum Gasteiger partial charge on any atom is 0.193 e. The van der Waals surface area contributed by atoms with Gasteiger partial charge >= 0.3 is 0 Å². The zero-order valence-corrected chi connectivity index (χ0v) is 12.6. The Balaban J connectivity index is 1.90. The average Bonchev–Trinajstić information content (AvgIpc) is 3.04. The number of ether oxygens (including phenoxy) is 1. The van der Waals surface area contributed by atoms with Gasteiger partial charge in [0.2, 0.25) is 0 Å². The zero-order chi connectivity index (χ0) is 14.1. The van der Waals surface area contributed by atoms with Crippen molar-refractivity contribution in [3.8, 4) is 5.75 Å². The van der Waals surface area contributed by atoms with Crippen molar-refractivity contribution in [2.45, 2.75) is 18.9 Å². The Bertz CT molecular complexity index is 624. The Kier molecular flexibility index (Phi) is 3.92. The second-order valence-corrected chi connectivity index (χ2v) is 5.65. The van der Waals surface area contributed by atoms with E-state index < -0.39 is 0 Å². The van der Waals surface area contributed by atoms with Crippen LogP contribution in [0.25, 0.3) is 0 Å². The van der Waals surface area contributed by atoms with E-state index in [0.29, 0.717) is 5.22 Å². The van der Waals surface area contributed by atoms with Crippen LogP contribution in [0.1, 0.15) is 22.9 Å². The van der Waals surface area contributed by atoms with Crippen LogP contribution in [0.4, 0.5) is 0 Å². The van der Waals surface area contributed by atoms with E-state index in [1.807, 2.05) is 25.2 Å². The summed E-state index contributed by atoms with van der Waals surface area (Å²) in [5, 5.41) is 4.38. The summed E-state index contributed by atoms with van der Waals surface area (Å²) in [5.74, 6) is 1.77. The monoisotopic (exact) mass is 311 g/mol. The van der Waals surface area contributed by atoms with Gasteiger partial charge in [0.15, 0.2) is 5.22 Å². The molecule has 1 unspecified atom stereocenters. The van der Waals surface area contributed by atoms with Crippen LogP contribution < -0.4 is 10.1 Å². The molecule has 0 fully saturated rings. The number of hydrogen-bond donors (Lipinski definition) is 1. The number of furan rings is 1. The lowest BCUT2D eigenvalue weighted by Gasteiger charge is -2.16. The van der Waals surface area contributed by atoms with Crippen molar-refractivity contribution in [2.75, 3.05) is 13.7 Å². The van der Waals surface area contributed by atoms with E-state index >= 15 is 0 Å². The van der Waals surface area contributed by atoms with Gasteiger partial charge in [-0.25, -0.2) is 0 Å². The topological polar surface area (TPSA) is 34.4 Å². The molecule has 2 heterocycles. The van der Waals surface area contributed by atoms with Gasteiger partial charge in [0.1, 0.15) is 11.5 Å². The average molecular weight is 312 g/mol. The van der Waals surface area contributed by atoms with Gasteiger partial charge in [0.25, 0.3) is 0 Å². The lowest BCUT2D eigenvalue weighted by molar-refractivity contribution is 0.350. The predicted octanol–water partition coefficient (Wildman–Crippen LogP) is 4.02. The van der Waals surface area contributed by atoms with Crippen LogP contribution in [0.5, 0.6) is 5.75 Å². The Hall–Kier alpha value is -1.16. The number of benzene rings is 1. The Morgan fingerprint density at radius 1 is 1.30 bits per heavy atom. The van der Waals surface area contributed by atoms with Crippen LogP contribution >= 0.6 is 23.2 Å². The van der Waals surface area contributed by atoms with E-state index in [2.05, 4.69) is 5.32 Å². The molecule has 5 heteroatoms. The summed E-state index contributed by atoms with van der Waals surface area (Å²) in [6.45, 7) is 0.722. The maximum atomic E-state index is 6.18. The second-order valence-electron chi connectivity index (χ2n) is 4.84. The van der Waals surface area contributed by atoms with E-state index in [0.717, 1.165) is 41.5 Å². The molecule has 3 rings (SSSR count). The zero-order valence-electron chi connectivity index (χ0n) is 11.1. The summed E-state index contributed by atoms with van der Waals surface area (Å²) in [5.41, 5.74) is 2.27. The first kappa shape index (κ1) is 13.8. The minimum Gasteiger partial charge on any atom is -0.493 e. The standard InChI is InChI=1S/C15H15Cl2NO2/c1-18-12(13-2-3-14(17)20-13)8-10-7-11(16)6-9-4-5-19-15(9)10/h2-3,6-7,12,18H,4-5,8H2,1H3. The molecule has 0 radical (unpaired) electrons. The highest BCUT2D eigenvalue weighted by Gasteiger charge is 2.22. The minimum atomic E-state index is 0.0364. The fourth-order valence-corrected chi connectivity index (χ4v) is 2.99. The highest BCUT2D eigenvalue weighted by Crippen LogP contribution is 2.35. The molecule has 0 spiro atoms. The Morgan fingerprint density at radius 3 is 2.85 bits per heavy atom. The van der Waals surface area contributed by atoms with Crippen molar-refractivity contribution >= 4 is 23.2 Å². The smallest absolute Gasteiger partial charge is 0.193 e. The van der Waals surface area contributed by atoms with Gasteiger partial charge in [-0.15, -0.1) is 0 Å². The molecule has 106 valence electrons. The summed E-state index contributed by atoms with van der Waals surface area (Å²) in [7, 11) is 1.90. The van der Waals surface area contributed by atoms with Gasteiger partial charge in [-0.1, -0.05) is 11.6 Å². The van der Waals surface area contributed by atoms with E-state index in [9.17, 15) is 0 Å². The third-order valence-corrected chi connectivity index (χ3v) is 3.96. The molecule has 3 nitrogen and oxygen atoms in total. The molecule has 0 aliphatic carbocycles. The summed E-state index contributed by atoms with van der Waals surface area (Å²) < 4.78 is 11.2. The summed E-state index contributed by atoms with van der Waals surface area (Å²) in [6, 6.07) is 7.61. The van der Waals surface area contributed by atoms with Gasteiger partial charge < -0.3 is 14.5 Å². The fourth-order valence-electron chi connectivity index (χ4n) is 2.58. The molecule has 0 saturated heterocycles. The summed E-state index contributed by atoms with van der Waals surface area (Å²) in [4.78, 5) is 0. The molecule has 0 bridgehead atoms. The number of hydrogen-bond acceptors (Lipinski definition) is 3. The van der Waals surface area contributed by atoms with E-state index in [-0.39, 0.29) is 6.04 Å². The molecule has 1 aromatic carbocycles. The van der Waals surface area contributed by atoms with E-state index in [1.165, 1.54) is 5.56 Å². The Labute approximate surface area is 127 Å². The van der Waals surface area contributed by atoms with E-state index in [4.69, 9.17) is 32.4 Å². The van der Waals surface area contributed by atoms with Crippen LogP contribution in [0.15, 0.2) is 28.7 Å². The second kappa shape index (κ2) is 5.68. The van der Waals surface area contributed by atoms with Crippen molar-refractivity contribution in [1.29, 1.82) is 0 Å². The highest BCUT2D eigenvalue weighted by atomic mass is 35.5. The van der Waals surface area contributed by atoms with Crippen LogP contribution in [-0.4, -0.2) is 13.7 Å². The van der Waals surface area contributed by atoms with Crippen molar-refractivity contribution in [3.63, 3.8) is 0 Å². The lowest BCUT2D eigenvalue weighted by atomic mass is 10.0. The van der Waals surface area contributed by atoms with Crippen molar-refractivity contribution < 1.29 is 9.15 Å².